The molecule has 0 spiro atoms. The van der Waals surface area contributed by atoms with Gasteiger partial charge in [0.1, 0.15) is 5.75 Å². The van der Waals surface area contributed by atoms with E-state index in [0.717, 1.165) is 16.9 Å². The quantitative estimate of drug-likeness (QED) is 0.287. The monoisotopic (exact) mass is 511 g/mol. The van der Waals surface area contributed by atoms with Gasteiger partial charge in [-0.2, -0.15) is 0 Å². The van der Waals surface area contributed by atoms with Crippen LogP contribution in [0.25, 0.3) is 0 Å². The van der Waals surface area contributed by atoms with Gasteiger partial charge in [-0.25, -0.2) is 4.99 Å². The van der Waals surface area contributed by atoms with Crippen LogP contribution in [0.5, 0.6) is 5.75 Å². The fourth-order valence-electron chi connectivity index (χ4n) is 2.47. The molecule has 0 saturated heterocycles. The number of halogens is 1. The Labute approximate surface area is 189 Å². The topological polar surface area (TPSA) is 87.6 Å². The van der Waals surface area contributed by atoms with E-state index in [1.807, 2.05) is 45.9 Å². The molecule has 8 heteroatoms. The van der Waals surface area contributed by atoms with Crippen molar-refractivity contribution >= 4 is 41.5 Å². The van der Waals surface area contributed by atoms with Crippen LogP contribution in [0, 0.1) is 6.92 Å². The Hall–Kier alpha value is -2.36. The molecule has 7 nitrogen and oxygen atoms in total. The zero-order valence-electron chi connectivity index (χ0n) is 17.4. The van der Waals surface area contributed by atoms with Crippen LogP contribution in [0.3, 0.4) is 0 Å². The molecule has 1 heterocycles. The second-order valence-electron chi connectivity index (χ2n) is 6.62. The average Bonchev–Trinajstić information content (AvgIpc) is 2.65. The number of hydrogen-bond acceptors (Lipinski definition) is 4. The van der Waals surface area contributed by atoms with Gasteiger partial charge in [-0.1, -0.05) is 12.1 Å². The Morgan fingerprint density at radius 3 is 2.69 bits per heavy atom. The number of aromatic nitrogens is 1. The number of nitrogens with zero attached hydrogens (tertiary/aromatic N) is 2. The highest BCUT2D eigenvalue weighted by molar-refractivity contribution is 14.0. The lowest BCUT2D eigenvalue weighted by molar-refractivity contribution is -0.115. The van der Waals surface area contributed by atoms with Crippen molar-refractivity contribution in [3.8, 4) is 5.75 Å². The summed E-state index contributed by atoms with van der Waals surface area (Å²) in [4.78, 5) is 20.7. The van der Waals surface area contributed by atoms with E-state index < -0.39 is 0 Å². The van der Waals surface area contributed by atoms with Crippen molar-refractivity contribution in [2.24, 2.45) is 4.99 Å². The molecule has 0 atom stereocenters. The molecule has 1 aromatic carbocycles. The zero-order valence-corrected chi connectivity index (χ0v) is 19.7. The minimum atomic E-state index is -0.169. The molecule has 0 bridgehead atoms. The van der Waals surface area contributed by atoms with Crippen molar-refractivity contribution in [3.63, 3.8) is 0 Å². The maximum Gasteiger partial charge on any atom is 0.243 e. The van der Waals surface area contributed by atoms with Crippen LogP contribution in [0.15, 0.2) is 47.7 Å². The van der Waals surface area contributed by atoms with Crippen LogP contribution < -0.4 is 20.7 Å². The number of aryl methyl sites for hydroxylation is 1. The first-order valence-corrected chi connectivity index (χ1v) is 9.46. The highest BCUT2D eigenvalue weighted by atomic mass is 127. The lowest BCUT2D eigenvalue weighted by atomic mass is 10.1. The summed E-state index contributed by atoms with van der Waals surface area (Å²) in [5.41, 5.74) is 2.79. The zero-order chi connectivity index (χ0) is 20.4. The SMILES string of the molecule is CCNC(=NCc1ccc(C)cc1OC(C)C)NCC(=O)Nc1cccnc1.I. The molecule has 0 unspecified atom stereocenters. The second-order valence-corrected chi connectivity index (χ2v) is 6.62. The number of anilines is 1. The summed E-state index contributed by atoms with van der Waals surface area (Å²) in [6.07, 6.45) is 3.35. The average molecular weight is 511 g/mol. The molecule has 0 fully saturated rings. The Balaban J connectivity index is 0.00000420. The first-order chi connectivity index (χ1) is 13.5. The van der Waals surface area contributed by atoms with Gasteiger partial charge < -0.3 is 20.7 Å². The number of ether oxygens (including phenoxy) is 1. The fraction of sp³-hybridized carbons (Fsp3) is 0.381. The fourth-order valence-corrected chi connectivity index (χ4v) is 2.47. The van der Waals surface area contributed by atoms with Crippen LogP contribution in [-0.2, 0) is 11.3 Å². The van der Waals surface area contributed by atoms with Crippen molar-refractivity contribution in [2.75, 3.05) is 18.4 Å². The molecular formula is C21H30IN5O2. The van der Waals surface area contributed by atoms with Crippen LogP contribution in [0.2, 0.25) is 0 Å². The van der Waals surface area contributed by atoms with Crippen molar-refractivity contribution in [1.82, 2.24) is 15.6 Å². The molecule has 1 amide bonds. The summed E-state index contributed by atoms with van der Waals surface area (Å²) in [5, 5.41) is 8.98. The first-order valence-electron chi connectivity index (χ1n) is 9.46. The van der Waals surface area contributed by atoms with Crippen molar-refractivity contribution in [1.29, 1.82) is 0 Å². The van der Waals surface area contributed by atoms with E-state index in [1.165, 1.54) is 0 Å². The minimum absolute atomic E-state index is 0. The smallest absolute Gasteiger partial charge is 0.243 e. The van der Waals surface area contributed by atoms with Crippen LogP contribution in [0.4, 0.5) is 5.69 Å². The van der Waals surface area contributed by atoms with Gasteiger partial charge in [-0.3, -0.25) is 9.78 Å². The Morgan fingerprint density at radius 1 is 1.24 bits per heavy atom. The molecule has 2 rings (SSSR count). The van der Waals surface area contributed by atoms with Crippen LogP contribution in [-0.4, -0.2) is 36.0 Å². The van der Waals surface area contributed by atoms with Crippen LogP contribution in [0.1, 0.15) is 31.9 Å². The second kappa shape index (κ2) is 13.0. The van der Waals surface area contributed by atoms with Gasteiger partial charge in [0.05, 0.1) is 31.1 Å². The van der Waals surface area contributed by atoms with E-state index in [2.05, 4.69) is 25.9 Å². The Morgan fingerprint density at radius 2 is 2.03 bits per heavy atom. The number of hydrogen-bond donors (Lipinski definition) is 3. The molecule has 0 aliphatic carbocycles. The van der Waals surface area contributed by atoms with E-state index in [-0.39, 0.29) is 42.5 Å². The number of carbonyl (C=O) groups is 1. The molecule has 0 aliphatic heterocycles. The number of amides is 1. The summed E-state index contributed by atoms with van der Waals surface area (Å²) in [6.45, 7) is 9.26. The summed E-state index contributed by atoms with van der Waals surface area (Å²) in [5.74, 6) is 1.24. The normalized spacial score (nSPS) is 10.9. The number of benzene rings is 1. The summed E-state index contributed by atoms with van der Waals surface area (Å²) in [6, 6.07) is 9.65. The maximum atomic E-state index is 12.1. The van der Waals surface area contributed by atoms with Gasteiger partial charge in [0.2, 0.25) is 5.91 Å². The predicted molar refractivity (Wildman–Crippen MR) is 128 cm³/mol. The number of rotatable bonds is 8. The van der Waals surface area contributed by atoms with E-state index >= 15 is 0 Å². The lowest BCUT2D eigenvalue weighted by Gasteiger charge is -2.15. The number of nitrogens with one attached hydrogen (secondary N) is 3. The first kappa shape index (κ1) is 24.7. The Kier molecular flexibility index (Phi) is 11.0. The summed E-state index contributed by atoms with van der Waals surface area (Å²) >= 11 is 0. The molecule has 158 valence electrons. The molecule has 0 radical (unpaired) electrons. The molecule has 29 heavy (non-hydrogen) atoms. The third kappa shape index (κ3) is 9.12. The maximum absolute atomic E-state index is 12.1. The van der Waals surface area contributed by atoms with Gasteiger partial charge in [-0.05, 0) is 51.5 Å². The molecule has 0 aliphatic rings. The molecule has 1 aromatic heterocycles. The molecule has 0 saturated carbocycles. The van der Waals surface area contributed by atoms with Crippen molar-refractivity contribution in [2.45, 2.75) is 40.3 Å². The number of guanidine groups is 1. The number of pyridine rings is 1. The largest absolute Gasteiger partial charge is 0.491 e. The number of carbonyl (C=O) groups excluding carboxylic acids is 1. The van der Waals surface area contributed by atoms with Crippen molar-refractivity contribution < 1.29 is 9.53 Å². The number of aliphatic imine (C=N–C) groups is 1. The van der Waals surface area contributed by atoms with E-state index in [0.29, 0.717) is 24.7 Å². The minimum Gasteiger partial charge on any atom is -0.491 e. The third-order valence-electron chi connectivity index (χ3n) is 3.70. The molecule has 3 N–H and O–H groups in total. The summed E-state index contributed by atoms with van der Waals surface area (Å²) < 4.78 is 5.90. The standard InChI is InChI=1S/C21H29N5O2.HI/c1-5-23-21(25-14-20(27)26-18-7-6-10-22-13-18)24-12-17-9-8-16(4)11-19(17)28-15(2)3;/h6-11,13,15H,5,12,14H2,1-4H3,(H,26,27)(H2,23,24,25);1H. The lowest BCUT2D eigenvalue weighted by Crippen LogP contribution is -2.41. The highest BCUT2D eigenvalue weighted by Gasteiger charge is 2.08. The molecule has 2 aromatic rings. The highest BCUT2D eigenvalue weighted by Crippen LogP contribution is 2.22. The van der Waals surface area contributed by atoms with E-state index in [4.69, 9.17) is 4.74 Å². The van der Waals surface area contributed by atoms with Gasteiger partial charge in [0, 0.05) is 18.3 Å². The predicted octanol–water partition coefficient (Wildman–Crippen LogP) is 3.49. The van der Waals surface area contributed by atoms with Gasteiger partial charge in [0.25, 0.3) is 0 Å². The van der Waals surface area contributed by atoms with Gasteiger partial charge in [0.15, 0.2) is 5.96 Å². The van der Waals surface area contributed by atoms with Gasteiger partial charge >= 0.3 is 0 Å². The van der Waals surface area contributed by atoms with Crippen LogP contribution >= 0.6 is 24.0 Å². The summed E-state index contributed by atoms with van der Waals surface area (Å²) in [7, 11) is 0. The molecular weight excluding hydrogens is 481 g/mol. The Bertz CT molecular complexity index is 797. The van der Waals surface area contributed by atoms with Gasteiger partial charge in [-0.15, -0.1) is 24.0 Å². The third-order valence-corrected chi connectivity index (χ3v) is 3.70. The van der Waals surface area contributed by atoms with E-state index in [9.17, 15) is 4.79 Å². The van der Waals surface area contributed by atoms with Crippen molar-refractivity contribution in [3.05, 3.63) is 53.9 Å². The van der Waals surface area contributed by atoms with E-state index in [1.54, 1.807) is 24.5 Å².